The van der Waals surface area contributed by atoms with Gasteiger partial charge in [0, 0.05) is 49.9 Å². The molecule has 0 aliphatic carbocycles. The Labute approximate surface area is 185 Å². The summed E-state index contributed by atoms with van der Waals surface area (Å²) in [5.74, 6) is 0.757. The molecule has 4 rings (SSSR count). The molecule has 0 radical (unpaired) electrons. The molecular weight excluding hydrogens is 413 g/mol. The normalized spacial score (nSPS) is 13.9. The Bertz CT molecular complexity index is 1040. The third-order valence-electron chi connectivity index (χ3n) is 5.06. The number of aromatic nitrogens is 2. The molecule has 1 amide bonds. The van der Waals surface area contributed by atoms with Crippen LogP contribution in [0, 0.1) is 12.7 Å². The molecule has 0 spiro atoms. The van der Waals surface area contributed by atoms with Gasteiger partial charge in [-0.3, -0.25) is 4.79 Å². The first-order chi connectivity index (χ1) is 15.1. The van der Waals surface area contributed by atoms with E-state index in [0.29, 0.717) is 0 Å². The van der Waals surface area contributed by atoms with Gasteiger partial charge in [0.05, 0.1) is 5.75 Å². The fourth-order valence-electron chi connectivity index (χ4n) is 3.52. The first-order valence-corrected chi connectivity index (χ1v) is 11.1. The third kappa shape index (κ3) is 5.52. The molecule has 0 bridgehead atoms. The van der Waals surface area contributed by atoms with E-state index in [1.807, 2.05) is 31.2 Å². The van der Waals surface area contributed by atoms with Crippen LogP contribution in [-0.2, 0) is 4.79 Å². The zero-order valence-corrected chi connectivity index (χ0v) is 18.1. The number of rotatable bonds is 6. The van der Waals surface area contributed by atoms with E-state index in [-0.39, 0.29) is 17.5 Å². The lowest BCUT2D eigenvalue weighted by Crippen LogP contribution is -2.47. The van der Waals surface area contributed by atoms with E-state index in [1.165, 1.54) is 23.9 Å². The summed E-state index contributed by atoms with van der Waals surface area (Å²) in [5, 5.41) is 3.67. The quantitative estimate of drug-likeness (QED) is 0.589. The maximum atomic E-state index is 13.2. The van der Waals surface area contributed by atoms with Gasteiger partial charge >= 0.3 is 0 Å². The number of thioether (sulfide) groups is 1. The lowest BCUT2D eigenvalue weighted by Gasteiger charge is -2.37. The van der Waals surface area contributed by atoms with E-state index in [1.54, 1.807) is 24.5 Å². The summed E-state index contributed by atoms with van der Waals surface area (Å²) in [6, 6.07) is 14.3. The van der Waals surface area contributed by atoms with E-state index in [9.17, 15) is 9.18 Å². The number of nitrogens with one attached hydrogen (secondary N) is 1. The lowest BCUT2D eigenvalue weighted by molar-refractivity contribution is -0.113. The molecule has 0 unspecified atom stereocenters. The molecule has 160 valence electrons. The Morgan fingerprint density at radius 2 is 1.74 bits per heavy atom. The Morgan fingerprint density at radius 1 is 1.03 bits per heavy atom. The number of piperazine rings is 1. The zero-order chi connectivity index (χ0) is 21.6. The molecule has 8 heteroatoms. The molecule has 3 aromatic rings. The van der Waals surface area contributed by atoms with Crippen LogP contribution in [0.25, 0.3) is 0 Å². The molecular formula is C23H24FN5OS. The average molecular weight is 438 g/mol. The van der Waals surface area contributed by atoms with Crippen molar-refractivity contribution in [1.82, 2.24) is 9.97 Å². The minimum atomic E-state index is -0.227. The van der Waals surface area contributed by atoms with Crippen molar-refractivity contribution < 1.29 is 9.18 Å². The van der Waals surface area contributed by atoms with Gasteiger partial charge < -0.3 is 15.1 Å². The predicted molar refractivity (Wildman–Crippen MR) is 123 cm³/mol. The second-order valence-electron chi connectivity index (χ2n) is 7.34. The van der Waals surface area contributed by atoms with Crippen molar-refractivity contribution in [2.24, 2.45) is 0 Å². The van der Waals surface area contributed by atoms with E-state index >= 15 is 0 Å². The van der Waals surface area contributed by atoms with Gasteiger partial charge in [-0.25, -0.2) is 14.4 Å². The Morgan fingerprint density at radius 3 is 2.48 bits per heavy atom. The number of aryl methyl sites for hydroxylation is 1. The monoisotopic (exact) mass is 437 g/mol. The molecule has 1 N–H and O–H groups in total. The maximum absolute atomic E-state index is 13.2. The Balaban J connectivity index is 1.35. The van der Waals surface area contributed by atoms with Gasteiger partial charge in [-0.05, 0) is 48.9 Å². The fourth-order valence-corrected chi connectivity index (χ4v) is 4.31. The summed E-state index contributed by atoms with van der Waals surface area (Å²) in [4.78, 5) is 25.8. The van der Waals surface area contributed by atoms with Crippen LogP contribution in [0.2, 0.25) is 0 Å². The lowest BCUT2D eigenvalue weighted by atomic mass is 10.2. The number of halogens is 1. The summed E-state index contributed by atoms with van der Waals surface area (Å²) in [6.07, 6.45) is 3.33. The van der Waals surface area contributed by atoms with Gasteiger partial charge in [0.25, 0.3) is 0 Å². The van der Waals surface area contributed by atoms with E-state index in [0.717, 1.165) is 54.0 Å². The van der Waals surface area contributed by atoms with Crippen LogP contribution in [0.4, 0.5) is 21.6 Å². The van der Waals surface area contributed by atoms with Gasteiger partial charge in [0.1, 0.15) is 10.8 Å². The van der Waals surface area contributed by atoms with Crippen LogP contribution in [0.15, 0.2) is 66.0 Å². The largest absolute Gasteiger partial charge is 0.368 e. The molecule has 1 aromatic heterocycles. The number of hydrogen-bond acceptors (Lipinski definition) is 6. The number of anilines is 3. The van der Waals surface area contributed by atoms with Crippen LogP contribution in [0.5, 0.6) is 0 Å². The van der Waals surface area contributed by atoms with Crippen LogP contribution in [0.1, 0.15) is 5.56 Å². The van der Waals surface area contributed by atoms with Crippen molar-refractivity contribution >= 4 is 34.9 Å². The van der Waals surface area contributed by atoms with Crippen LogP contribution in [-0.4, -0.2) is 47.8 Å². The minimum absolute atomic E-state index is 0.0756. The molecule has 0 atom stereocenters. The number of carbonyl (C=O) groups excluding carboxylic acids is 1. The van der Waals surface area contributed by atoms with Crippen molar-refractivity contribution in [3.63, 3.8) is 0 Å². The van der Waals surface area contributed by atoms with Gasteiger partial charge in [-0.15, -0.1) is 0 Å². The first-order valence-electron chi connectivity index (χ1n) is 10.1. The second-order valence-corrected chi connectivity index (χ2v) is 8.31. The SMILES string of the molecule is Cc1cccc(NC(=O)CSc2nccnc2N2CCN(c3ccc(F)cc3)CC2)c1. The summed E-state index contributed by atoms with van der Waals surface area (Å²) < 4.78 is 13.2. The van der Waals surface area contributed by atoms with E-state index in [2.05, 4.69) is 25.1 Å². The van der Waals surface area contributed by atoms with Crippen LogP contribution in [0.3, 0.4) is 0 Å². The number of benzene rings is 2. The molecule has 2 heterocycles. The van der Waals surface area contributed by atoms with Gasteiger partial charge in [0.15, 0.2) is 5.82 Å². The number of carbonyl (C=O) groups is 1. The van der Waals surface area contributed by atoms with Crippen molar-refractivity contribution in [2.45, 2.75) is 11.9 Å². The molecule has 2 aromatic carbocycles. The molecule has 31 heavy (non-hydrogen) atoms. The number of nitrogens with zero attached hydrogens (tertiary/aromatic N) is 4. The number of hydrogen-bond donors (Lipinski definition) is 1. The highest BCUT2D eigenvalue weighted by Crippen LogP contribution is 2.27. The van der Waals surface area contributed by atoms with Crippen molar-refractivity contribution in [3.05, 3.63) is 72.3 Å². The molecule has 1 fully saturated rings. The Kier molecular flexibility index (Phi) is 6.66. The third-order valence-corrected chi connectivity index (χ3v) is 6.03. The maximum Gasteiger partial charge on any atom is 0.234 e. The smallest absolute Gasteiger partial charge is 0.234 e. The summed E-state index contributed by atoms with van der Waals surface area (Å²) in [5.41, 5.74) is 2.91. The zero-order valence-electron chi connectivity index (χ0n) is 17.3. The highest BCUT2D eigenvalue weighted by molar-refractivity contribution is 8.00. The molecule has 1 aliphatic heterocycles. The van der Waals surface area contributed by atoms with Crippen LogP contribution >= 0.6 is 11.8 Å². The van der Waals surface area contributed by atoms with E-state index in [4.69, 9.17) is 0 Å². The minimum Gasteiger partial charge on any atom is -0.368 e. The number of amides is 1. The molecule has 1 aliphatic rings. The summed E-state index contributed by atoms with van der Waals surface area (Å²) in [7, 11) is 0. The van der Waals surface area contributed by atoms with Gasteiger partial charge in [-0.1, -0.05) is 23.9 Å². The van der Waals surface area contributed by atoms with Crippen molar-refractivity contribution in [3.8, 4) is 0 Å². The first kappa shape index (κ1) is 21.1. The van der Waals surface area contributed by atoms with Crippen molar-refractivity contribution in [1.29, 1.82) is 0 Å². The highest BCUT2D eigenvalue weighted by atomic mass is 32.2. The summed E-state index contributed by atoms with van der Waals surface area (Å²) in [6.45, 7) is 5.16. The fraction of sp³-hybridized carbons (Fsp3) is 0.261. The Hall–Kier alpha value is -3.13. The van der Waals surface area contributed by atoms with Gasteiger partial charge in [-0.2, -0.15) is 0 Å². The average Bonchev–Trinajstić information content (AvgIpc) is 2.79. The van der Waals surface area contributed by atoms with Crippen molar-refractivity contribution in [2.75, 3.05) is 47.0 Å². The van der Waals surface area contributed by atoms with Gasteiger partial charge in [0.2, 0.25) is 5.91 Å². The molecule has 6 nitrogen and oxygen atoms in total. The standard InChI is InChI=1S/C23H24FN5OS/c1-17-3-2-4-19(15-17)27-21(30)16-31-23-22(25-9-10-26-23)29-13-11-28(12-14-29)20-7-5-18(24)6-8-20/h2-10,15H,11-14,16H2,1H3,(H,27,30). The molecule has 1 saturated heterocycles. The topological polar surface area (TPSA) is 61.4 Å². The predicted octanol–water partition coefficient (Wildman–Crippen LogP) is 3.98. The molecule has 0 saturated carbocycles. The van der Waals surface area contributed by atoms with Crippen LogP contribution < -0.4 is 15.1 Å². The highest BCUT2D eigenvalue weighted by Gasteiger charge is 2.21. The summed E-state index contributed by atoms with van der Waals surface area (Å²) >= 11 is 1.39. The second kappa shape index (κ2) is 9.78. The van der Waals surface area contributed by atoms with E-state index < -0.39 is 0 Å².